The van der Waals surface area contributed by atoms with Crippen molar-refractivity contribution < 1.29 is 0 Å². The third-order valence-corrected chi connectivity index (χ3v) is 3.86. The molecule has 0 radical (unpaired) electrons. The molecule has 2 rings (SSSR count). The molecule has 0 aliphatic heterocycles. The van der Waals surface area contributed by atoms with Crippen LogP contribution in [0.2, 0.25) is 0 Å². The van der Waals surface area contributed by atoms with Crippen LogP contribution in [0.25, 0.3) is 0 Å². The molecule has 0 amide bonds. The van der Waals surface area contributed by atoms with Crippen LogP contribution < -0.4 is 5.73 Å². The van der Waals surface area contributed by atoms with E-state index >= 15 is 0 Å². The summed E-state index contributed by atoms with van der Waals surface area (Å²) in [5, 5.41) is 0. The Hall–Kier alpha value is -1.60. The molecule has 0 spiro atoms. The molecular formula is C18H23N. The smallest absolute Gasteiger partial charge is 0.0195 e. The standard InChI is InChI=1S/C18H23N/c1-2-18(19,15-17-11-7-4-8-12-17)14-13-16-9-5-3-6-10-16/h3-12H,2,13-15,19H2,1H3. The second-order valence-electron chi connectivity index (χ2n) is 5.36. The molecule has 1 atom stereocenters. The van der Waals surface area contributed by atoms with Crippen LogP contribution in [0.3, 0.4) is 0 Å². The molecule has 0 fully saturated rings. The number of rotatable bonds is 6. The summed E-state index contributed by atoms with van der Waals surface area (Å²) >= 11 is 0. The molecule has 0 saturated heterocycles. The van der Waals surface area contributed by atoms with Crippen molar-refractivity contribution >= 4 is 0 Å². The van der Waals surface area contributed by atoms with E-state index in [2.05, 4.69) is 67.6 Å². The fraction of sp³-hybridized carbons (Fsp3) is 0.333. The lowest BCUT2D eigenvalue weighted by molar-refractivity contribution is 0.377. The van der Waals surface area contributed by atoms with E-state index in [1.165, 1.54) is 11.1 Å². The first-order chi connectivity index (χ1) is 9.22. The average Bonchev–Trinajstić information content (AvgIpc) is 2.47. The Morgan fingerprint density at radius 2 is 1.37 bits per heavy atom. The zero-order chi connectivity index (χ0) is 13.6. The predicted octanol–water partition coefficient (Wildman–Crippen LogP) is 3.97. The highest BCUT2D eigenvalue weighted by Crippen LogP contribution is 2.21. The molecule has 0 heterocycles. The molecule has 19 heavy (non-hydrogen) atoms. The second kappa shape index (κ2) is 6.53. The minimum absolute atomic E-state index is 0.100. The lowest BCUT2D eigenvalue weighted by Crippen LogP contribution is -2.41. The molecule has 2 aromatic carbocycles. The van der Waals surface area contributed by atoms with Gasteiger partial charge in [0, 0.05) is 5.54 Å². The lowest BCUT2D eigenvalue weighted by atomic mass is 9.84. The van der Waals surface area contributed by atoms with E-state index in [9.17, 15) is 0 Å². The SMILES string of the molecule is CCC(N)(CCc1ccccc1)Cc1ccccc1. The topological polar surface area (TPSA) is 26.0 Å². The van der Waals surface area contributed by atoms with Gasteiger partial charge in [0.05, 0.1) is 0 Å². The van der Waals surface area contributed by atoms with Gasteiger partial charge in [-0.1, -0.05) is 67.6 Å². The summed E-state index contributed by atoms with van der Waals surface area (Å²) in [6, 6.07) is 21.2. The second-order valence-corrected chi connectivity index (χ2v) is 5.36. The van der Waals surface area contributed by atoms with Crippen molar-refractivity contribution in [3.05, 3.63) is 71.8 Å². The Morgan fingerprint density at radius 3 is 1.89 bits per heavy atom. The van der Waals surface area contributed by atoms with Crippen LogP contribution in [0, 0.1) is 0 Å². The predicted molar refractivity (Wildman–Crippen MR) is 82.1 cm³/mol. The molecule has 100 valence electrons. The molecule has 1 nitrogen and oxygen atoms in total. The van der Waals surface area contributed by atoms with E-state index in [4.69, 9.17) is 5.73 Å². The van der Waals surface area contributed by atoms with Gasteiger partial charge in [-0.05, 0) is 36.8 Å². The van der Waals surface area contributed by atoms with Gasteiger partial charge in [-0.25, -0.2) is 0 Å². The van der Waals surface area contributed by atoms with E-state index < -0.39 is 0 Å². The van der Waals surface area contributed by atoms with Gasteiger partial charge in [-0.15, -0.1) is 0 Å². The van der Waals surface area contributed by atoms with E-state index in [0.29, 0.717) is 0 Å². The van der Waals surface area contributed by atoms with Crippen molar-refractivity contribution in [1.29, 1.82) is 0 Å². The fourth-order valence-corrected chi connectivity index (χ4v) is 2.43. The molecule has 0 saturated carbocycles. The maximum atomic E-state index is 6.58. The van der Waals surface area contributed by atoms with Crippen molar-refractivity contribution in [1.82, 2.24) is 0 Å². The summed E-state index contributed by atoms with van der Waals surface area (Å²) in [5.74, 6) is 0. The highest BCUT2D eigenvalue weighted by atomic mass is 14.7. The van der Waals surface area contributed by atoms with Crippen LogP contribution in [-0.2, 0) is 12.8 Å². The number of hydrogen-bond donors (Lipinski definition) is 1. The van der Waals surface area contributed by atoms with Crippen molar-refractivity contribution in [2.24, 2.45) is 5.73 Å². The Bertz CT molecular complexity index is 478. The molecule has 0 aliphatic rings. The Morgan fingerprint density at radius 1 is 0.842 bits per heavy atom. The molecule has 1 heteroatoms. The Balaban J connectivity index is 1.98. The van der Waals surface area contributed by atoms with Crippen LogP contribution in [0.1, 0.15) is 30.9 Å². The van der Waals surface area contributed by atoms with Gasteiger partial charge in [-0.2, -0.15) is 0 Å². The van der Waals surface area contributed by atoms with Crippen LogP contribution in [0.5, 0.6) is 0 Å². The van der Waals surface area contributed by atoms with Crippen LogP contribution in [0.15, 0.2) is 60.7 Å². The van der Waals surface area contributed by atoms with Gasteiger partial charge in [0.1, 0.15) is 0 Å². The van der Waals surface area contributed by atoms with Crippen LogP contribution >= 0.6 is 0 Å². The summed E-state index contributed by atoms with van der Waals surface area (Å²) in [4.78, 5) is 0. The van der Waals surface area contributed by atoms with Crippen molar-refractivity contribution in [3.8, 4) is 0 Å². The molecule has 0 bridgehead atoms. The zero-order valence-corrected chi connectivity index (χ0v) is 11.7. The maximum Gasteiger partial charge on any atom is 0.0195 e. The van der Waals surface area contributed by atoms with Crippen molar-refractivity contribution in [2.75, 3.05) is 0 Å². The molecule has 0 aromatic heterocycles. The van der Waals surface area contributed by atoms with E-state index in [1.807, 2.05) is 0 Å². The van der Waals surface area contributed by atoms with Gasteiger partial charge >= 0.3 is 0 Å². The van der Waals surface area contributed by atoms with Crippen molar-refractivity contribution in [3.63, 3.8) is 0 Å². The highest BCUT2D eigenvalue weighted by Gasteiger charge is 2.22. The third-order valence-electron chi connectivity index (χ3n) is 3.86. The Labute approximate surface area is 116 Å². The summed E-state index contributed by atoms with van der Waals surface area (Å²) in [7, 11) is 0. The molecule has 2 aromatic rings. The number of nitrogens with two attached hydrogens (primary N) is 1. The molecule has 2 N–H and O–H groups in total. The average molecular weight is 253 g/mol. The number of hydrogen-bond acceptors (Lipinski definition) is 1. The summed E-state index contributed by atoms with van der Waals surface area (Å²) in [6.07, 6.45) is 4.05. The van der Waals surface area contributed by atoms with Crippen molar-refractivity contribution in [2.45, 2.75) is 38.1 Å². The number of benzene rings is 2. The van der Waals surface area contributed by atoms with Gasteiger partial charge in [-0.3, -0.25) is 0 Å². The Kier molecular flexibility index (Phi) is 4.75. The van der Waals surface area contributed by atoms with Crippen LogP contribution in [-0.4, -0.2) is 5.54 Å². The summed E-state index contributed by atoms with van der Waals surface area (Å²) in [5.41, 5.74) is 9.18. The summed E-state index contributed by atoms with van der Waals surface area (Å²) in [6.45, 7) is 2.19. The van der Waals surface area contributed by atoms with Crippen LogP contribution in [0.4, 0.5) is 0 Å². The summed E-state index contributed by atoms with van der Waals surface area (Å²) < 4.78 is 0. The van der Waals surface area contributed by atoms with E-state index in [1.54, 1.807) is 0 Å². The molecule has 1 unspecified atom stereocenters. The molecular weight excluding hydrogens is 230 g/mol. The monoisotopic (exact) mass is 253 g/mol. The van der Waals surface area contributed by atoms with Gasteiger partial charge in [0.15, 0.2) is 0 Å². The first kappa shape index (κ1) is 13.8. The first-order valence-corrected chi connectivity index (χ1v) is 7.08. The minimum Gasteiger partial charge on any atom is -0.325 e. The zero-order valence-electron chi connectivity index (χ0n) is 11.7. The maximum absolute atomic E-state index is 6.58. The number of aryl methyl sites for hydroxylation is 1. The highest BCUT2D eigenvalue weighted by molar-refractivity contribution is 5.19. The fourth-order valence-electron chi connectivity index (χ4n) is 2.43. The minimum atomic E-state index is -0.100. The van der Waals surface area contributed by atoms with Gasteiger partial charge < -0.3 is 5.73 Å². The third kappa shape index (κ3) is 4.22. The van der Waals surface area contributed by atoms with E-state index in [-0.39, 0.29) is 5.54 Å². The van der Waals surface area contributed by atoms with Gasteiger partial charge in [0.2, 0.25) is 0 Å². The lowest BCUT2D eigenvalue weighted by Gasteiger charge is -2.28. The largest absolute Gasteiger partial charge is 0.325 e. The van der Waals surface area contributed by atoms with Gasteiger partial charge in [0.25, 0.3) is 0 Å². The first-order valence-electron chi connectivity index (χ1n) is 7.08. The molecule has 0 aliphatic carbocycles. The van der Waals surface area contributed by atoms with E-state index in [0.717, 1.165) is 25.7 Å². The normalized spacial score (nSPS) is 14.0. The quantitative estimate of drug-likeness (QED) is 0.828.